The highest BCUT2D eigenvalue weighted by molar-refractivity contribution is 5.29. The Kier molecular flexibility index (Phi) is 0.887. The monoisotopic (exact) mass is 135 g/mol. The second kappa shape index (κ2) is 1.70. The summed E-state index contributed by atoms with van der Waals surface area (Å²) in [6.45, 7) is 0. The predicted molar refractivity (Wildman–Crippen MR) is 33.3 cm³/mol. The van der Waals surface area contributed by atoms with Crippen molar-refractivity contribution >= 4 is 5.71 Å². The Morgan fingerprint density at radius 3 is 3.30 bits per heavy atom. The second-order valence-electron chi connectivity index (χ2n) is 1.88. The Hall–Kier alpha value is -1.58. The number of nitrogens with zero attached hydrogens (tertiary/aromatic N) is 2. The SMILES string of the molecule is N=c1nccc2occn12. The molecule has 0 aromatic carbocycles. The molecule has 0 aliphatic carbocycles. The molecule has 2 heterocycles. The van der Waals surface area contributed by atoms with Crippen molar-refractivity contribution in [2.45, 2.75) is 0 Å². The van der Waals surface area contributed by atoms with E-state index in [1.807, 2.05) is 0 Å². The van der Waals surface area contributed by atoms with Crippen LogP contribution in [0.25, 0.3) is 5.71 Å². The van der Waals surface area contributed by atoms with Gasteiger partial charge in [0.1, 0.15) is 6.26 Å². The van der Waals surface area contributed by atoms with Crippen molar-refractivity contribution in [2.24, 2.45) is 0 Å². The van der Waals surface area contributed by atoms with Crippen molar-refractivity contribution in [3.8, 4) is 0 Å². The molecule has 2 rings (SSSR count). The fraction of sp³-hybridized carbons (Fsp3) is 0. The molecule has 0 aliphatic rings. The minimum Gasteiger partial charge on any atom is -0.446 e. The van der Waals surface area contributed by atoms with E-state index in [9.17, 15) is 0 Å². The van der Waals surface area contributed by atoms with E-state index in [0.717, 1.165) is 0 Å². The number of nitrogens with one attached hydrogen (secondary N) is 1. The third-order valence-electron chi connectivity index (χ3n) is 1.28. The third kappa shape index (κ3) is 0.556. The fourth-order valence-electron chi connectivity index (χ4n) is 0.820. The summed E-state index contributed by atoms with van der Waals surface area (Å²) in [5, 5.41) is 7.27. The van der Waals surface area contributed by atoms with Crippen LogP contribution in [-0.4, -0.2) is 9.38 Å². The zero-order valence-electron chi connectivity index (χ0n) is 5.11. The molecule has 0 spiro atoms. The molecule has 2 aromatic heterocycles. The molecule has 0 atom stereocenters. The van der Waals surface area contributed by atoms with Crippen LogP contribution in [0.5, 0.6) is 0 Å². The summed E-state index contributed by atoms with van der Waals surface area (Å²) in [5.74, 6) is 0. The summed E-state index contributed by atoms with van der Waals surface area (Å²) >= 11 is 0. The van der Waals surface area contributed by atoms with Crippen molar-refractivity contribution in [3.63, 3.8) is 0 Å². The molecule has 4 nitrogen and oxygen atoms in total. The fourth-order valence-corrected chi connectivity index (χ4v) is 0.820. The molecule has 1 N–H and O–H groups in total. The Morgan fingerprint density at radius 1 is 1.60 bits per heavy atom. The van der Waals surface area contributed by atoms with Gasteiger partial charge in [-0.05, 0) is 0 Å². The average Bonchev–Trinajstić information content (AvgIpc) is 2.36. The molecule has 4 heteroatoms. The standard InChI is InChI=1S/C6H5N3O/c7-6-8-2-1-5-9(6)3-4-10-5/h1-4,7H. The molecule has 50 valence electrons. The smallest absolute Gasteiger partial charge is 0.229 e. The number of oxazole rings is 1. The normalized spacial score (nSPS) is 10.4. The van der Waals surface area contributed by atoms with Crippen molar-refractivity contribution < 1.29 is 4.42 Å². The van der Waals surface area contributed by atoms with Gasteiger partial charge in [0, 0.05) is 12.3 Å². The molecule has 10 heavy (non-hydrogen) atoms. The lowest BCUT2D eigenvalue weighted by Crippen LogP contribution is -2.13. The Labute approximate surface area is 56.3 Å². The molecular weight excluding hydrogens is 130 g/mol. The van der Waals surface area contributed by atoms with Crippen LogP contribution in [0.15, 0.2) is 29.1 Å². The number of hydrogen-bond acceptors (Lipinski definition) is 3. The highest BCUT2D eigenvalue weighted by Gasteiger charge is 1.92. The van der Waals surface area contributed by atoms with Crippen LogP contribution in [0.3, 0.4) is 0 Å². The first-order valence-corrected chi connectivity index (χ1v) is 2.83. The summed E-state index contributed by atoms with van der Waals surface area (Å²) in [6.07, 6.45) is 4.72. The maximum atomic E-state index is 7.27. The number of rotatable bonds is 0. The Balaban J connectivity index is 3.09. The first-order chi connectivity index (χ1) is 4.88. The van der Waals surface area contributed by atoms with E-state index >= 15 is 0 Å². The molecule has 0 radical (unpaired) electrons. The summed E-state index contributed by atoms with van der Waals surface area (Å²) < 4.78 is 6.56. The molecule has 0 fully saturated rings. The predicted octanol–water partition coefficient (Wildman–Crippen LogP) is 0.407. The van der Waals surface area contributed by atoms with Crippen LogP contribution in [0.1, 0.15) is 0 Å². The van der Waals surface area contributed by atoms with E-state index < -0.39 is 0 Å². The summed E-state index contributed by atoms with van der Waals surface area (Å²) in [5.41, 5.74) is 0.825. The van der Waals surface area contributed by atoms with E-state index in [4.69, 9.17) is 9.83 Å². The molecule has 0 unspecified atom stereocenters. The van der Waals surface area contributed by atoms with E-state index in [1.54, 1.807) is 22.9 Å². The number of aromatic nitrogens is 2. The quantitative estimate of drug-likeness (QED) is 0.568. The van der Waals surface area contributed by atoms with E-state index in [1.165, 1.54) is 6.26 Å². The lowest BCUT2D eigenvalue weighted by atomic mass is 10.6. The number of hydrogen-bond donors (Lipinski definition) is 1. The largest absolute Gasteiger partial charge is 0.446 e. The van der Waals surface area contributed by atoms with Crippen molar-refractivity contribution in [2.75, 3.05) is 0 Å². The summed E-state index contributed by atoms with van der Waals surface area (Å²) in [6, 6.07) is 1.71. The first kappa shape index (κ1) is 5.22. The molecule has 0 amide bonds. The van der Waals surface area contributed by atoms with Gasteiger partial charge in [0.15, 0.2) is 0 Å². The highest BCUT2D eigenvalue weighted by atomic mass is 16.3. The molecular formula is C6H5N3O. The zero-order chi connectivity index (χ0) is 6.97. The van der Waals surface area contributed by atoms with Crippen LogP contribution in [0.2, 0.25) is 0 Å². The van der Waals surface area contributed by atoms with Crippen LogP contribution in [-0.2, 0) is 0 Å². The van der Waals surface area contributed by atoms with Gasteiger partial charge in [0.2, 0.25) is 11.3 Å². The van der Waals surface area contributed by atoms with E-state index in [0.29, 0.717) is 5.71 Å². The van der Waals surface area contributed by atoms with Gasteiger partial charge in [-0.15, -0.1) is 0 Å². The lowest BCUT2D eigenvalue weighted by molar-refractivity contribution is 0.603. The average molecular weight is 135 g/mol. The maximum Gasteiger partial charge on any atom is 0.229 e. The van der Waals surface area contributed by atoms with Gasteiger partial charge in [-0.2, -0.15) is 0 Å². The lowest BCUT2D eigenvalue weighted by Gasteiger charge is -1.86. The topological polar surface area (TPSA) is 54.3 Å². The van der Waals surface area contributed by atoms with Gasteiger partial charge in [0.25, 0.3) is 0 Å². The van der Waals surface area contributed by atoms with Crippen LogP contribution in [0, 0.1) is 5.41 Å². The number of fused-ring (bicyclic) bond motifs is 1. The third-order valence-corrected chi connectivity index (χ3v) is 1.28. The van der Waals surface area contributed by atoms with E-state index in [2.05, 4.69) is 4.98 Å². The van der Waals surface area contributed by atoms with Crippen molar-refractivity contribution in [1.29, 1.82) is 5.41 Å². The van der Waals surface area contributed by atoms with E-state index in [-0.39, 0.29) is 5.62 Å². The molecule has 2 aromatic rings. The van der Waals surface area contributed by atoms with Gasteiger partial charge < -0.3 is 4.42 Å². The molecule has 0 bridgehead atoms. The van der Waals surface area contributed by atoms with Gasteiger partial charge in [0.05, 0.1) is 6.20 Å². The van der Waals surface area contributed by atoms with Gasteiger partial charge in [-0.25, -0.2) is 4.98 Å². The summed E-state index contributed by atoms with van der Waals surface area (Å²) in [7, 11) is 0. The minimum absolute atomic E-state index is 0.186. The maximum absolute atomic E-state index is 7.27. The van der Waals surface area contributed by atoms with Gasteiger partial charge in [-0.1, -0.05) is 0 Å². The first-order valence-electron chi connectivity index (χ1n) is 2.83. The van der Waals surface area contributed by atoms with Crippen LogP contribution in [0.4, 0.5) is 0 Å². The minimum atomic E-state index is 0.186. The Morgan fingerprint density at radius 2 is 2.50 bits per heavy atom. The zero-order valence-corrected chi connectivity index (χ0v) is 5.11. The highest BCUT2D eigenvalue weighted by Crippen LogP contribution is 1.96. The van der Waals surface area contributed by atoms with Gasteiger partial charge >= 0.3 is 0 Å². The van der Waals surface area contributed by atoms with Gasteiger partial charge in [-0.3, -0.25) is 9.81 Å². The Bertz CT molecular complexity index is 400. The van der Waals surface area contributed by atoms with Crippen LogP contribution >= 0.6 is 0 Å². The molecule has 0 saturated carbocycles. The summed E-state index contributed by atoms with van der Waals surface area (Å²) in [4.78, 5) is 3.75. The van der Waals surface area contributed by atoms with Crippen molar-refractivity contribution in [1.82, 2.24) is 9.38 Å². The van der Waals surface area contributed by atoms with Crippen molar-refractivity contribution in [3.05, 3.63) is 30.3 Å². The molecule has 0 saturated heterocycles. The second-order valence-corrected chi connectivity index (χ2v) is 1.88. The van der Waals surface area contributed by atoms with Crippen LogP contribution < -0.4 is 5.62 Å². The molecule has 0 aliphatic heterocycles.